The maximum Gasteiger partial charge on any atom is 0.401 e. The van der Waals surface area contributed by atoms with E-state index in [9.17, 15) is 17.6 Å². The van der Waals surface area contributed by atoms with E-state index < -0.39 is 30.6 Å². The van der Waals surface area contributed by atoms with Crippen molar-refractivity contribution in [3.63, 3.8) is 0 Å². The van der Waals surface area contributed by atoms with Gasteiger partial charge in [0.25, 0.3) is 0 Å². The zero-order valence-corrected chi connectivity index (χ0v) is 11.9. The smallest absolute Gasteiger partial charge is 0.326 e. The van der Waals surface area contributed by atoms with Crippen LogP contribution in [0.3, 0.4) is 0 Å². The third-order valence-corrected chi connectivity index (χ3v) is 3.80. The highest BCUT2D eigenvalue weighted by atomic mass is 19.4. The fourth-order valence-electron chi connectivity index (χ4n) is 2.67. The normalized spacial score (nSPS) is 18.8. The molecule has 0 saturated heterocycles. The van der Waals surface area contributed by atoms with Gasteiger partial charge in [0.2, 0.25) is 0 Å². The van der Waals surface area contributed by atoms with E-state index in [-0.39, 0.29) is 6.04 Å². The zero-order valence-electron chi connectivity index (χ0n) is 11.9. The molecule has 1 saturated carbocycles. The van der Waals surface area contributed by atoms with Gasteiger partial charge in [0.1, 0.15) is 5.82 Å². The van der Waals surface area contributed by atoms with E-state index in [2.05, 4.69) is 0 Å². The Morgan fingerprint density at radius 2 is 2.00 bits per heavy atom. The van der Waals surface area contributed by atoms with Gasteiger partial charge in [-0.2, -0.15) is 13.2 Å². The minimum Gasteiger partial charge on any atom is -0.326 e. The van der Waals surface area contributed by atoms with Crippen molar-refractivity contribution in [1.82, 2.24) is 4.90 Å². The zero-order chi connectivity index (χ0) is 15.6. The molecule has 2 unspecified atom stereocenters. The van der Waals surface area contributed by atoms with Crippen molar-refractivity contribution in [2.45, 2.75) is 50.5 Å². The molecule has 0 bridgehead atoms. The first kappa shape index (κ1) is 16.2. The summed E-state index contributed by atoms with van der Waals surface area (Å²) in [4.78, 5) is 1.39. The van der Waals surface area contributed by atoms with E-state index in [4.69, 9.17) is 5.73 Å². The topological polar surface area (TPSA) is 29.3 Å². The molecule has 6 heteroatoms. The van der Waals surface area contributed by atoms with Crippen LogP contribution in [0.1, 0.15) is 37.8 Å². The fourth-order valence-corrected chi connectivity index (χ4v) is 2.67. The van der Waals surface area contributed by atoms with Crippen molar-refractivity contribution in [2.24, 2.45) is 5.73 Å². The van der Waals surface area contributed by atoms with Crippen LogP contribution in [-0.2, 0) is 0 Å². The van der Waals surface area contributed by atoms with Crippen molar-refractivity contribution < 1.29 is 17.6 Å². The molecule has 2 nitrogen and oxygen atoms in total. The van der Waals surface area contributed by atoms with Crippen LogP contribution in [0.4, 0.5) is 17.6 Å². The van der Waals surface area contributed by atoms with Gasteiger partial charge in [0.15, 0.2) is 0 Å². The van der Waals surface area contributed by atoms with Gasteiger partial charge >= 0.3 is 6.18 Å². The Kier molecular flexibility index (Phi) is 4.88. The predicted molar refractivity (Wildman–Crippen MR) is 73.2 cm³/mol. The van der Waals surface area contributed by atoms with Gasteiger partial charge in [-0.05, 0) is 37.0 Å². The van der Waals surface area contributed by atoms with Crippen LogP contribution in [0.2, 0.25) is 0 Å². The molecule has 1 aliphatic rings. The summed E-state index contributed by atoms with van der Waals surface area (Å²) in [5.74, 6) is -0.455. The minimum absolute atomic E-state index is 0.113. The molecule has 1 aromatic carbocycles. The van der Waals surface area contributed by atoms with E-state index in [1.165, 1.54) is 23.1 Å². The Hall–Kier alpha value is -1.14. The quantitative estimate of drug-likeness (QED) is 0.813. The summed E-state index contributed by atoms with van der Waals surface area (Å²) < 4.78 is 52.0. The van der Waals surface area contributed by atoms with Crippen LogP contribution in [0.25, 0.3) is 0 Å². The largest absolute Gasteiger partial charge is 0.401 e. The average molecular weight is 304 g/mol. The predicted octanol–water partition coefficient (Wildman–Crippen LogP) is 3.63. The molecule has 0 heterocycles. The van der Waals surface area contributed by atoms with E-state index in [1.54, 1.807) is 6.07 Å². The molecular formula is C15H20F4N2. The fraction of sp³-hybridized carbons (Fsp3) is 0.600. The molecule has 1 fully saturated rings. The highest BCUT2D eigenvalue weighted by Crippen LogP contribution is 2.38. The molecule has 1 aromatic rings. The number of alkyl halides is 3. The summed E-state index contributed by atoms with van der Waals surface area (Å²) in [5, 5.41) is 0. The van der Waals surface area contributed by atoms with Gasteiger partial charge in [0.05, 0.1) is 12.6 Å². The molecule has 0 spiro atoms. The second kappa shape index (κ2) is 6.32. The number of benzene rings is 1. The van der Waals surface area contributed by atoms with Crippen molar-refractivity contribution in [3.05, 3.63) is 35.6 Å². The van der Waals surface area contributed by atoms with E-state index in [1.807, 2.05) is 6.92 Å². The van der Waals surface area contributed by atoms with Crippen molar-refractivity contribution in [2.75, 3.05) is 6.54 Å². The Labute approximate surface area is 121 Å². The lowest BCUT2D eigenvalue weighted by atomic mass is 9.96. The van der Waals surface area contributed by atoms with E-state index >= 15 is 0 Å². The van der Waals surface area contributed by atoms with Gasteiger partial charge < -0.3 is 5.73 Å². The lowest BCUT2D eigenvalue weighted by molar-refractivity contribution is -0.153. The first-order chi connectivity index (χ1) is 9.81. The number of hydrogen-bond acceptors (Lipinski definition) is 2. The minimum atomic E-state index is -4.29. The Balaban J connectivity index is 2.33. The molecule has 2 N–H and O–H groups in total. The monoisotopic (exact) mass is 304 g/mol. The van der Waals surface area contributed by atoms with Gasteiger partial charge in [-0.15, -0.1) is 0 Å². The molecule has 0 amide bonds. The molecule has 2 rings (SSSR count). The third kappa shape index (κ3) is 4.41. The van der Waals surface area contributed by atoms with Crippen LogP contribution >= 0.6 is 0 Å². The van der Waals surface area contributed by atoms with Crippen molar-refractivity contribution >= 4 is 0 Å². The molecule has 0 aromatic heterocycles. The Morgan fingerprint density at radius 3 is 2.48 bits per heavy atom. The average Bonchev–Trinajstić information content (AvgIpc) is 3.20. The molecule has 0 radical (unpaired) electrons. The van der Waals surface area contributed by atoms with Crippen LogP contribution in [0.5, 0.6) is 0 Å². The number of nitrogens with two attached hydrogens (primary N) is 1. The van der Waals surface area contributed by atoms with Gasteiger partial charge in [0, 0.05) is 12.1 Å². The second-order valence-electron chi connectivity index (χ2n) is 5.59. The highest BCUT2D eigenvalue weighted by Gasteiger charge is 2.43. The van der Waals surface area contributed by atoms with E-state index in [0.717, 1.165) is 12.8 Å². The number of hydrogen-bond donors (Lipinski definition) is 1. The van der Waals surface area contributed by atoms with Gasteiger partial charge in [-0.1, -0.05) is 19.1 Å². The standard InChI is InChI=1S/C15H20F4N2/c1-2-13(20)14(10-4-3-5-11(16)8-10)21(12-6-7-12)9-15(17,18)19/h3-5,8,12-14H,2,6-7,9,20H2,1H3. The molecule has 2 atom stereocenters. The Morgan fingerprint density at radius 1 is 1.33 bits per heavy atom. The number of halogens is 4. The third-order valence-electron chi connectivity index (χ3n) is 3.80. The summed E-state index contributed by atoms with van der Waals surface area (Å²) in [6, 6.07) is 4.54. The summed E-state index contributed by atoms with van der Waals surface area (Å²) in [6.45, 7) is 0.822. The van der Waals surface area contributed by atoms with Crippen LogP contribution in [-0.4, -0.2) is 29.7 Å². The maximum absolute atomic E-state index is 13.4. The molecular weight excluding hydrogens is 284 g/mol. The SMILES string of the molecule is CCC(N)C(c1cccc(F)c1)N(CC(F)(F)F)C1CC1. The van der Waals surface area contributed by atoms with Crippen molar-refractivity contribution in [1.29, 1.82) is 0 Å². The van der Waals surface area contributed by atoms with Gasteiger partial charge in [-0.3, -0.25) is 4.90 Å². The summed E-state index contributed by atoms with van der Waals surface area (Å²) >= 11 is 0. The lowest BCUT2D eigenvalue weighted by Crippen LogP contribution is -2.46. The lowest BCUT2D eigenvalue weighted by Gasteiger charge is -2.36. The molecule has 1 aliphatic carbocycles. The van der Waals surface area contributed by atoms with E-state index in [0.29, 0.717) is 12.0 Å². The molecule has 0 aliphatic heterocycles. The van der Waals surface area contributed by atoms with Crippen LogP contribution in [0, 0.1) is 5.82 Å². The number of rotatable bonds is 6. The first-order valence-corrected chi connectivity index (χ1v) is 7.15. The summed E-state index contributed by atoms with van der Waals surface area (Å²) in [5.41, 5.74) is 6.57. The van der Waals surface area contributed by atoms with Gasteiger partial charge in [-0.25, -0.2) is 4.39 Å². The highest BCUT2D eigenvalue weighted by molar-refractivity contribution is 5.22. The molecule has 118 valence electrons. The number of nitrogens with zero attached hydrogens (tertiary/aromatic N) is 1. The summed E-state index contributed by atoms with van der Waals surface area (Å²) in [6.07, 6.45) is -2.29. The maximum atomic E-state index is 13.4. The Bertz CT molecular complexity index is 471. The first-order valence-electron chi connectivity index (χ1n) is 7.15. The summed E-state index contributed by atoms with van der Waals surface area (Å²) in [7, 11) is 0. The van der Waals surface area contributed by atoms with Crippen molar-refractivity contribution in [3.8, 4) is 0 Å². The second-order valence-corrected chi connectivity index (χ2v) is 5.59. The molecule has 21 heavy (non-hydrogen) atoms. The van der Waals surface area contributed by atoms with Crippen LogP contribution < -0.4 is 5.73 Å². The van der Waals surface area contributed by atoms with Crippen LogP contribution in [0.15, 0.2) is 24.3 Å².